The number of hydrogen-bond acceptors (Lipinski definition) is 3. The van der Waals surface area contributed by atoms with E-state index >= 15 is 0 Å². The van der Waals surface area contributed by atoms with Crippen molar-refractivity contribution in [3.8, 4) is 0 Å². The summed E-state index contributed by atoms with van der Waals surface area (Å²) >= 11 is 0. The average Bonchev–Trinajstić information content (AvgIpc) is 3.02. The number of guanidine groups is 1. The summed E-state index contributed by atoms with van der Waals surface area (Å²) in [5, 5.41) is 11.1. The number of amides is 1. The van der Waals surface area contributed by atoms with Gasteiger partial charge < -0.3 is 15.5 Å². The number of halogens is 1. The normalized spacial score (nSPS) is 11.0. The van der Waals surface area contributed by atoms with Crippen molar-refractivity contribution in [1.29, 1.82) is 0 Å². The zero-order chi connectivity index (χ0) is 20.5. The maximum absolute atomic E-state index is 12.0. The van der Waals surface area contributed by atoms with Gasteiger partial charge in [-0.25, -0.2) is 4.99 Å². The molecule has 29 heavy (non-hydrogen) atoms. The van der Waals surface area contributed by atoms with Crippen LogP contribution in [0.15, 0.2) is 35.3 Å². The largest absolute Gasteiger partial charge is 0.352 e. The Bertz CT molecular complexity index is 801. The van der Waals surface area contributed by atoms with Crippen LogP contribution in [0.25, 0.3) is 0 Å². The molecular formula is C21H33IN6O. The SMILES string of the molecule is CCc1nn(C)c(CC)c1CNC(=NCc1ccccc1)NCC(=O)N(C)C.I. The van der Waals surface area contributed by atoms with Gasteiger partial charge >= 0.3 is 0 Å². The zero-order valence-corrected chi connectivity index (χ0v) is 20.4. The molecule has 0 aliphatic rings. The highest BCUT2D eigenvalue weighted by atomic mass is 127. The molecule has 0 aliphatic heterocycles. The minimum Gasteiger partial charge on any atom is -0.352 e. The van der Waals surface area contributed by atoms with Crippen LogP contribution in [0.3, 0.4) is 0 Å². The van der Waals surface area contributed by atoms with Crippen LogP contribution in [0.4, 0.5) is 0 Å². The molecule has 2 N–H and O–H groups in total. The van der Waals surface area contributed by atoms with Crippen LogP contribution in [-0.4, -0.2) is 47.2 Å². The Morgan fingerprint density at radius 3 is 2.41 bits per heavy atom. The van der Waals surface area contributed by atoms with Gasteiger partial charge in [0.15, 0.2) is 5.96 Å². The molecule has 0 bridgehead atoms. The third-order valence-electron chi connectivity index (χ3n) is 4.63. The number of carbonyl (C=O) groups excluding carboxylic acids is 1. The molecular weight excluding hydrogens is 479 g/mol. The molecule has 160 valence electrons. The summed E-state index contributed by atoms with van der Waals surface area (Å²) in [7, 11) is 5.48. The summed E-state index contributed by atoms with van der Waals surface area (Å²) in [4.78, 5) is 18.2. The van der Waals surface area contributed by atoms with Crippen molar-refractivity contribution >= 4 is 35.8 Å². The highest BCUT2D eigenvalue weighted by Gasteiger charge is 2.14. The minimum absolute atomic E-state index is 0. The molecule has 1 heterocycles. The lowest BCUT2D eigenvalue weighted by atomic mass is 10.1. The Labute approximate surface area is 191 Å². The molecule has 1 aromatic heterocycles. The van der Waals surface area contributed by atoms with E-state index in [0.717, 1.165) is 24.1 Å². The number of hydrogen-bond donors (Lipinski definition) is 2. The molecule has 0 atom stereocenters. The second kappa shape index (κ2) is 12.5. The smallest absolute Gasteiger partial charge is 0.241 e. The zero-order valence-electron chi connectivity index (χ0n) is 18.0. The summed E-state index contributed by atoms with van der Waals surface area (Å²) in [5.41, 5.74) is 4.64. The third kappa shape index (κ3) is 7.34. The van der Waals surface area contributed by atoms with Crippen molar-refractivity contribution < 1.29 is 4.79 Å². The fourth-order valence-electron chi connectivity index (χ4n) is 3.01. The topological polar surface area (TPSA) is 74.5 Å². The molecule has 0 saturated heterocycles. The van der Waals surface area contributed by atoms with Crippen molar-refractivity contribution in [3.63, 3.8) is 0 Å². The molecule has 1 aromatic carbocycles. The van der Waals surface area contributed by atoms with E-state index in [2.05, 4.69) is 34.6 Å². The standard InChI is InChI=1S/C21H32N6O.HI/c1-6-18-17(19(7-2)27(5)25-18)14-23-21(24-15-20(28)26(3)4)22-13-16-11-9-8-10-12-16;/h8-12H,6-7,13-15H2,1-5H3,(H2,22,23,24);1H. The molecule has 2 aromatic rings. The van der Waals surface area contributed by atoms with Crippen LogP contribution in [-0.2, 0) is 37.8 Å². The van der Waals surface area contributed by atoms with E-state index in [1.54, 1.807) is 19.0 Å². The van der Waals surface area contributed by atoms with Gasteiger partial charge in [-0.1, -0.05) is 44.2 Å². The summed E-state index contributed by atoms with van der Waals surface area (Å²) in [6, 6.07) is 10.1. The number of aryl methyl sites for hydroxylation is 2. The molecule has 7 nitrogen and oxygen atoms in total. The first-order chi connectivity index (χ1) is 13.5. The predicted molar refractivity (Wildman–Crippen MR) is 128 cm³/mol. The van der Waals surface area contributed by atoms with Gasteiger partial charge in [-0.05, 0) is 18.4 Å². The minimum atomic E-state index is -0.000849. The summed E-state index contributed by atoms with van der Waals surface area (Å²) in [5.74, 6) is 0.617. The van der Waals surface area contributed by atoms with E-state index in [1.807, 2.05) is 42.1 Å². The number of nitrogens with one attached hydrogen (secondary N) is 2. The second-order valence-corrected chi connectivity index (χ2v) is 6.85. The van der Waals surface area contributed by atoms with Gasteiger partial charge in [0.05, 0.1) is 18.8 Å². The quantitative estimate of drug-likeness (QED) is 0.324. The fourth-order valence-corrected chi connectivity index (χ4v) is 3.01. The molecule has 0 spiro atoms. The fraction of sp³-hybridized carbons (Fsp3) is 0.476. The van der Waals surface area contributed by atoms with E-state index < -0.39 is 0 Å². The summed E-state index contributed by atoms with van der Waals surface area (Å²) in [6.45, 7) is 5.61. The number of aromatic nitrogens is 2. The monoisotopic (exact) mass is 512 g/mol. The van der Waals surface area contributed by atoms with Gasteiger partial charge in [-0.3, -0.25) is 9.48 Å². The van der Waals surface area contributed by atoms with Crippen LogP contribution < -0.4 is 10.6 Å². The molecule has 0 unspecified atom stereocenters. The number of rotatable bonds is 8. The lowest BCUT2D eigenvalue weighted by molar-refractivity contribution is -0.127. The van der Waals surface area contributed by atoms with Crippen LogP contribution in [0.2, 0.25) is 0 Å². The van der Waals surface area contributed by atoms with Crippen LogP contribution in [0, 0.1) is 0 Å². The van der Waals surface area contributed by atoms with E-state index in [0.29, 0.717) is 19.0 Å². The average molecular weight is 512 g/mol. The maximum atomic E-state index is 12.0. The molecule has 8 heteroatoms. The molecule has 2 rings (SSSR count). The Balaban J connectivity index is 0.00000420. The van der Waals surface area contributed by atoms with Crippen molar-refractivity contribution in [2.45, 2.75) is 39.8 Å². The van der Waals surface area contributed by atoms with Crippen LogP contribution >= 0.6 is 24.0 Å². The van der Waals surface area contributed by atoms with Gasteiger partial charge in [0.2, 0.25) is 5.91 Å². The first-order valence-corrected chi connectivity index (χ1v) is 9.76. The maximum Gasteiger partial charge on any atom is 0.241 e. The van der Waals surface area contributed by atoms with Crippen molar-refractivity contribution in [3.05, 3.63) is 52.8 Å². The number of carbonyl (C=O) groups is 1. The molecule has 0 fully saturated rings. The number of nitrogens with zero attached hydrogens (tertiary/aromatic N) is 4. The van der Waals surface area contributed by atoms with E-state index in [-0.39, 0.29) is 36.4 Å². The Hall–Kier alpha value is -2.10. The Morgan fingerprint density at radius 2 is 1.83 bits per heavy atom. The van der Waals surface area contributed by atoms with Crippen molar-refractivity contribution in [2.24, 2.45) is 12.0 Å². The number of aliphatic imine (C=N–C) groups is 1. The highest BCUT2D eigenvalue weighted by molar-refractivity contribution is 14.0. The second-order valence-electron chi connectivity index (χ2n) is 6.85. The molecule has 0 radical (unpaired) electrons. The van der Waals surface area contributed by atoms with Crippen molar-refractivity contribution in [2.75, 3.05) is 20.6 Å². The highest BCUT2D eigenvalue weighted by Crippen LogP contribution is 2.15. The number of likely N-dealkylation sites (N-methyl/N-ethyl adjacent to an activating group) is 1. The van der Waals surface area contributed by atoms with Gasteiger partial charge in [-0.2, -0.15) is 5.10 Å². The first-order valence-electron chi connectivity index (χ1n) is 9.76. The third-order valence-corrected chi connectivity index (χ3v) is 4.63. The van der Waals surface area contributed by atoms with Gasteiger partial charge in [-0.15, -0.1) is 24.0 Å². The van der Waals surface area contributed by atoms with E-state index in [1.165, 1.54) is 11.3 Å². The lowest BCUT2D eigenvalue weighted by Gasteiger charge is -2.15. The van der Waals surface area contributed by atoms with Gasteiger partial charge in [0.1, 0.15) is 0 Å². The lowest BCUT2D eigenvalue weighted by Crippen LogP contribution is -2.42. The summed E-state index contributed by atoms with van der Waals surface area (Å²) < 4.78 is 1.96. The Morgan fingerprint density at radius 1 is 1.14 bits per heavy atom. The van der Waals surface area contributed by atoms with E-state index in [4.69, 9.17) is 0 Å². The number of benzene rings is 1. The Kier molecular flexibility index (Phi) is 10.7. The van der Waals surface area contributed by atoms with Crippen molar-refractivity contribution in [1.82, 2.24) is 25.3 Å². The van der Waals surface area contributed by atoms with Crippen LogP contribution in [0.5, 0.6) is 0 Å². The molecule has 0 saturated carbocycles. The summed E-state index contributed by atoms with van der Waals surface area (Å²) in [6.07, 6.45) is 1.80. The van der Waals surface area contributed by atoms with Gasteiger partial charge in [0, 0.05) is 38.9 Å². The molecule has 0 aliphatic carbocycles. The first kappa shape index (κ1) is 24.9. The van der Waals surface area contributed by atoms with Gasteiger partial charge in [0.25, 0.3) is 0 Å². The molecule has 1 amide bonds. The predicted octanol–water partition coefficient (Wildman–Crippen LogP) is 2.49. The van der Waals surface area contributed by atoms with Crippen LogP contribution in [0.1, 0.15) is 36.4 Å². The van der Waals surface area contributed by atoms with E-state index in [9.17, 15) is 4.79 Å².